The lowest BCUT2D eigenvalue weighted by molar-refractivity contribution is -0.384. The van der Waals surface area contributed by atoms with E-state index in [1.165, 1.54) is 23.5 Å². The smallest absolute Gasteiger partial charge is 0.270 e. The minimum Gasteiger partial charge on any atom is -0.380 e. The summed E-state index contributed by atoms with van der Waals surface area (Å²) in [4.78, 5) is 27.3. The Morgan fingerprint density at radius 1 is 1.52 bits per heavy atom. The maximum absolute atomic E-state index is 12.0. The molecule has 0 atom stereocenters. The van der Waals surface area contributed by atoms with Gasteiger partial charge in [0.15, 0.2) is 4.80 Å². The molecule has 1 aromatic carbocycles. The van der Waals surface area contributed by atoms with Gasteiger partial charge in [0, 0.05) is 31.2 Å². The highest BCUT2D eigenvalue weighted by Crippen LogP contribution is 2.30. The van der Waals surface area contributed by atoms with Crippen LogP contribution in [0.4, 0.5) is 5.69 Å². The number of hydrogen-bond acceptors (Lipinski definition) is 5. The number of hydrogen-bond donors (Lipinski definition) is 0. The second-order valence-electron chi connectivity index (χ2n) is 5.37. The maximum atomic E-state index is 12.0. The molecule has 7 nitrogen and oxygen atoms in total. The molecular formula is C15H17N3O4S. The van der Waals surface area contributed by atoms with Crippen molar-refractivity contribution >= 4 is 33.1 Å². The van der Waals surface area contributed by atoms with Crippen molar-refractivity contribution in [1.82, 2.24) is 4.57 Å². The van der Waals surface area contributed by atoms with Crippen molar-refractivity contribution in [3.8, 4) is 0 Å². The van der Waals surface area contributed by atoms with Gasteiger partial charge in [-0.25, -0.2) is 0 Å². The molecule has 1 saturated carbocycles. The summed E-state index contributed by atoms with van der Waals surface area (Å²) in [6.07, 6.45) is 1.80. The Labute approximate surface area is 136 Å². The molecule has 1 amide bonds. The number of ether oxygens (including phenoxy) is 1. The number of carbonyl (C=O) groups excluding carboxylic acids is 1. The number of thiazole rings is 1. The van der Waals surface area contributed by atoms with Crippen molar-refractivity contribution in [3.63, 3.8) is 0 Å². The number of non-ortho nitro benzene ring substituents is 1. The van der Waals surface area contributed by atoms with Gasteiger partial charge in [-0.15, -0.1) is 0 Å². The molecule has 3 rings (SSSR count). The van der Waals surface area contributed by atoms with Crippen LogP contribution in [0.5, 0.6) is 0 Å². The molecule has 0 bridgehead atoms. The molecule has 0 spiro atoms. The van der Waals surface area contributed by atoms with E-state index in [9.17, 15) is 14.9 Å². The monoisotopic (exact) mass is 335 g/mol. The highest BCUT2D eigenvalue weighted by atomic mass is 32.1. The van der Waals surface area contributed by atoms with E-state index in [1.54, 1.807) is 6.07 Å². The lowest BCUT2D eigenvalue weighted by atomic mass is 10.3. The van der Waals surface area contributed by atoms with Crippen molar-refractivity contribution in [2.75, 3.05) is 13.2 Å². The number of aromatic nitrogens is 1. The van der Waals surface area contributed by atoms with Crippen LogP contribution in [0.1, 0.15) is 19.8 Å². The first-order valence-corrected chi connectivity index (χ1v) is 8.36. The van der Waals surface area contributed by atoms with Gasteiger partial charge in [0.05, 0.1) is 21.7 Å². The Bertz CT molecular complexity index is 820. The summed E-state index contributed by atoms with van der Waals surface area (Å²) in [6, 6.07) is 4.70. The number of nitro groups is 1. The van der Waals surface area contributed by atoms with Crippen LogP contribution in [0.2, 0.25) is 0 Å². The predicted molar refractivity (Wildman–Crippen MR) is 86.3 cm³/mol. The fraction of sp³-hybridized carbons (Fsp3) is 0.467. The SMILES string of the molecule is CCOCCn1c(=NC(=O)C2CC2)sc2cc([N+](=O)[O-])ccc21. The van der Waals surface area contributed by atoms with E-state index in [2.05, 4.69) is 4.99 Å². The van der Waals surface area contributed by atoms with Crippen LogP contribution in [0.15, 0.2) is 23.2 Å². The fourth-order valence-electron chi connectivity index (χ4n) is 2.29. The summed E-state index contributed by atoms with van der Waals surface area (Å²) in [5, 5.41) is 10.9. The summed E-state index contributed by atoms with van der Waals surface area (Å²) >= 11 is 1.30. The quantitative estimate of drug-likeness (QED) is 0.461. The van der Waals surface area contributed by atoms with E-state index in [0.717, 1.165) is 23.1 Å². The Balaban J connectivity index is 2.05. The molecule has 0 radical (unpaired) electrons. The molecular weight excluding hydrogens is 318 g/mol. The van der Waals surface area contributed by atoms with E-state index < -0.39 is 4.92 Å². The first kappa shape index (κ1) is 15.8. The Morgan fingerprint density at radius 3 is 2.96 bits per heavy atom. The van der Waals surface area contributed by atoms with Crippen molar-refractivity contribution in [2.24, 2.45) is 10.9 Å². The summed E-state index contributed by atoms with van der Waals surface area (Å²) < 4.78 is 8.04. The van der Waals surface area contributed by atoms with E-state index >= 15 is 0 Å². The molecule has 23 heavy (non-hydrogen) atoms. The number of benzene rings is 1. The molecule has 0 N–H and O–H groups in total. The van der Waals surface area contributed by atoms with E-state index in [4.69, 9.17) is 4.74 Å². The summed E-state index contributed by atoms with van der Waals surface area (Å²) in [7, 11) is 0. The molecule has 1 aliphatic carbocycles. The van der Waals surface area contributed by atoms with Crippen LogP contribution in [0, 0.1) is 16.0 Å². The second-order valence-corrected chi connectivity index (χ2v) is 6.38. The average Bonchev–Trinajstić information content (AvgIpc) is 3.32. The zero-order valence-electron chi connectivity index (χ0n) is 12.7. The number of fused-ring (bicyclic) bond motifs is 1. The Hall–Kier alpha value is -2.06. The van der Waals surface area contributed by atoms with Gasteiger partial charge < -0.3 is 9.30 Å². The average molecular weight is 335 g/mol. The summed E-state index contributed by atoms with van der Waals surface area (Å²) in [5.41, 5.74) is 0.874. The van der Waals surface area contributed by atoms with Crippen molar-refractivity contribution in [1.29, 1.82) is 0 Å². The first-order valence-electron chi connectivity index (χ1n) is 7.54. The third-order valence-corrected chi connectivity index (χ3v) is 4.71. The molecule has 1 fully saturated rings. The molecule has 0 unspecified atom stereocenters. The lowest BCUT2D eigenvalue weighted by Crippen LogP contribution is -2.20. The van der Waals surface area contributed by atoms with Gasteiger partial charge in [0.25, 0.3) is 11.6 Å². The number of nitrogens with zero attached hydrogens (tertiary/aromatic N) is 3. The van der Waals surface area contributed by atoms with Gasteiger partial charge in [0.1, 0.15) is 0 Å². The van der Waals surface area contributed by atoms with E-state index in [-0.39, 0.29) is 17.5 Å². The van der Waals surface area contributed by atoms with Crippen LogP contribution in [0.3, 0.4) is 0 Å². The van der Waals surface area contributed by atoms with Crippen LogP contribution in [-0.2, 0) is 16.1 Å². The predicted octanol–water partition coefficient (Wildman–Crippen LogP) is 2.48. The maximum Gasteiger partial charge on any atom is 0.270 e. The zero-order chi connectivity index (χ0) is 16.4. The van der Waals surface area contributed by atoms with Crippen LogP contribution < -0.4 is 4.80 Å². The first-order chi connectivity index (χ1) is 11.1. The number of amides is 1. The minimum absolute atomic E-state index is 0.0378. The van der Waals surface area contributed by atoms with Gasteiger partial charge in [-0.05, 0) is 25.8 Å². The van der Waals surface area contributed by atoms with Crippen LogP contribution in [-0.4, -0.2) is 28.6 Å². The Kier molecular flexibility index (Phi) is 4.53. The molecule has 0 saturated heterocycles. The molecule has 2 aromatic rings. The number of rotatable bonds is 6. The molecule has 1 aromatic heterocycles. The Morgan fingerprint density at radius 2 is 2.30 bits per heavy atom. The highest BCUT2D eigenvalue weighted by Gasteiger charge is 2.29. The summed E-state index contributed by atoms with van der Waals surface area (Å²) in [6.45, 7) is 3.59. The standard InChI is InChI=1S/C15H17N3O4S/c1-2-22-8-7-17-12-6-5-11(18(20)21)9-13(12)23-15(17)16-14(19)10-3-4-10/h5-6,9-10H,2-4,7-8H2,1H3. The topological polar surface area (TPSA) is 86.7 Å². The third-order valence-electron chi connectivity index (χ3n) is 3.67. The second kappa shape index (κ2) is 6.59. The molecule has 0 aliphatic heterocycles. The van der Waals surface area contributed by atoms with E-state index in [0.29, 0.717) is 24.6 Å². The molecule has 1 heterocycles. The molecule has 8 heteroatoms. The molecule has 122 valence electrons. The van der Waals surface area contributed by atoms with E-state index in [1.807, 2.05) is 11.5 Å². The van der Waals surface area contributed by atoms with Crippen molar-refractivity contribution < 1.29 is 14.5 Å². The zero-order valence-corrected chi connectivity index (χ0v) is 13.5. The number of carbonyl (C=O) groups is 1. The lowest BCUT2D eigenvalue weighted by Gasteiger charge is -2.05. The normalized spacial score (nSPS) is 15.3. The van der Waals surface area contributed by atoms with Gasteiger partial charge >= 0.3 is 0 Å². The van der Waals surface area contributed by atoms with Gasteiger partial charge in [0.2, 0.25) is 0 Å². The minimum atomic E-state index is -0.421. The van der Waals surface area contributed by atoms with Crippen molar-refractivity contribution in [3.05, 3.63) is 33.1 Å². The van der Waals surface area contributed by atoms with Crippen LogP contribution >= 0.6 is 11.3 Å². The van der Waals surface area contributed by atoms with Crippen molar-refractivity contribution in [2.45, 2.75) is 26.3 Å². The molecule has 1 aliphatic rings. The van der Waals surface area contributed by atoms with Crippen LogP contribution in [0.25, 0.3) is 10.2 Å². The summed E-state index contributed by atoms with van der Waals surface area (Å²) in [5.74, 6) is -0.0499. The van der Waals surface area contributed by atoms with Gasteiger partial charge in [-0.1, -0.05) is 11.3 Å². The number of nitro benzene ring substituents is 1. The third kappa shape index (κ3) is 3.48. The fourth-order valence-corrected chi connectivity index (χ4v) is 3.39. The van der Waals surface area contributed by atoms with Gasteiger partial charge in [-0.3, -0.25) is 14.9 Å². The largest absolute Gasteiger partial charge is 0.380 e. The highest BCUT2D eigenvalue weighted by molar-refractivity contribution is 7.16. The van der Waals surface area contributed by atoms with Gasteiger partial charge in [-0.2, -0.15) is 4.99 Å².